The van der Waals surface area contributed by atoms with Crippen LogP contribution in [-0.2, 0) is 0 Å². The van der Waals surface area contributed by atoms with Crippen molar-refractivity contribution in [1.82, 2.24) is 0 Å². The van der Waals surface area contributed by atoms with Crippen molar-refractivity contribution in [3.8, 4) is 11.5 Å². The Kier molecular flexibility index (Phi) is 4.39. The van der Waals surface area contributed by atoms with E-state index in [1.807, 2.05) is 0 Å². The molecular weight excluding hydrogens is 222 g/mol. The summed E-state index contributed by atoms with van der Waals surface area (Å²) in [4.78, 5) is 11.1. The number of aromatic carboxylic acids is 1. The molecule has 0 saturated heterocycles. The molecule has 0 saturated carbocycles. The molecule has 0 aliphatic rings. The van der Waals surface area contributed by atoms with Crippen LogP contribution >= 0.6 is 0 Å². The van der Waals surface area contributed by atoms with Gasteiger partial charge in [0.2, 0.25) is 0 Å². The van der Waals surface area contributed by atoms with Crippen molar-refractivity contribution in [2.45, 2.75) is 0 Å². The molecule has 1 aromatic rings. The number of hydrogen-bond donors (Lipinski definition) is 2. The number of rotatable bonds is 6. The second-order valence-corrected chi connectivity index (χ2v) is 3.23. The van der Waals surface area contributed by atoms with E-state index < -0.39 is 5.97 Å². The summed E-state index contributed by atoms with van der Waals surface area (Å²) < 4.78 is 10.2. The molecule has 0 aliphatic carbocycles. The minimum atomic E-state index is -1.03. The third-order valence-electron chi connectivity index (χ3n) is 2.19. The fourth-order valence-corrected chi connectivity index (χ4v) is 1.38. The SMILES string of the molecule is C=CCNc1cc(OC)c(OC)cc1C(=O)O. The molecule has 1 rings (SSSR count). The highest BCUT2D eigenvalue weighted by molar-refractivity contribution is 5.95. The Morgan fingerprint density at radius 1 is 1.41 bits per heavy atom. The monoisotopic (exact) mass is 237 g/mol. The van der Waals surface area contributed by atoms with Crippen molar-refractivity contribution in [3.05, 3.63) is 30.4 Å². The number of anilines is 1. The predicted molar refractivity (Wildman–Crippen MR) is 65.2 cm³/mol. The highest BCUT2D eigenvalue weighted by Crippen LogP contribution is 2.33. The first-order chi connectivity index (χ1) is 8.13. The van der Waals surface area contributed by atoms with Gasteiger partial charge in [-0.25, -0.2) is 4.79 Å². The maximum Gasteiger partial charge on any atom is 0.337 e. The molecule has 0 fully saturated rings. The van der Waals surface area contributed by atoms with Crippen LogP contribution in [0.3, 0.4) is 0 Å². The number of benzene rings is 1. The lowest BCUT2D eigenvalue weighted by Gasteiger charge is -2.13. The molecule has 0 spiro atoms. The first-order valence-electron chi connectivity index (χ1n) is 4.98. The molecule has 0 unspecified atom stereocenters. The topological polar surface area (TPSA) is 67.8 Å². The normalized spacial score (nSPS) is 9.53. The zero-order chi connectivity index (χ0) is 12.8. The Morgan fingerprint density at radius 3 is 2.47 bits per heavy atom. The van der Waals surface area contributed by atoms with Gasteiger partial charge >= 0.3 is 5.97 Å². The van der Waals surface area contributed by atoms with Gasteiger partial charge in [-0.1, -0.05) is 6.08 Å². The van der Waals surface area contributed by atoms with E-state index in [0.29, 0.717) is 23.7 Å². The van der Waals surface area contributed by atoms with E-state index in [-0.39, 0.29) is 5.56 Å². The molecule has 0 aliphatic heterocycles. The molecule has 0 aromatic heterocycles. The number of carboxylic acid groups (broad SMARTS) is 1. The van der Waals surface area contributed by atoms with Gasteiger partial charge in [-0.05, 0) is 0 Å². The largest absolute Gasteiger partial charge is 0.493 e. The first kappa shape index (κ1) is 12.9. The highest BCUT2D eigenvalue weighted by Gasteiger charge is 2.15. The Morgan fingerprint density at radius 2 is 2.00 bits per heavy atom. The number of carboxylic acids is 1. The van der Waals surface area contributed by atoms with Gasteiger partial charge in [0.1, 0.15) is 0 Å². The predicted octanol–water partition coefficient (Wildman–Crippen LogP) is 2.00. The maximum absolute atomic E-state index is 11.1. The van der Waals surface area contributed by atoms with E-state index in [9.17, 15) is 4.79 Å². The zero-order valence-electron chi connectivity index (χ0n) is 9.82. The molecule has 17 heavy (non-hydrogen) atoms. The maximum atomic E-state index is 11.1. The van der Waals surface area contributed by atoms with Crippen molar-refractivity contribution in [2.24, 2.45) is 0 Å². The molecule has 5 nitrogen and oxygen atoms in total. The van der Waals surface area contributed by atoms with Gasteiger partial charge in [-0.15, -0.1) is 6.58 Å². The van der Waals surface area contributed by atoms with Gasteiger partial charge in [0.15, 0.2) is 11.5 Å². The van der Waals surface area contributed by atoms with E-state index in [4.69, 9.17) is 14.6 Å². The van der Waals surface area contributed by atoms with Crippen LogP contribution in [0.4, 0.5) is 5.69 Å². The van der Waals surface area contributed by atoms with Crippen LogP contribution in [0.15, 0.2) is 24.8 Å². The van der Waals surface area contributed by atoms with Gasteiger partial charge in [-0.2, -0.15) is 0 Å². The summed E-state index contributed by atoms with van der Waals surface area (Å²) in [5.41, 5.74) is 0.597. The third-order valence-corrected chi connectivity index (χ3v) is 2.19. The number of ether oxygens (including phenoxy) is 2. The molecule has 0 bridgehead atoms. The summed E-state index contributed by atoms with van der Waals surface area (Å²) >= 11 is 0. The van der Waals surface area contributed by atoms with Crippen molar-refractivity contribution in [3.63, 3.8) is 0 Å². The molecule has 1 aromatic carbocycles. The van der Waals surface area contributed by atoms with E-state index in [0.717, 1.165) is 0 Å². The summed E-state index contributed by atoms with van der Waals surface area (Å²) in [5, 5.41) is 12.0. The average Bonchev–Trinajstić information content (AvgIpc) is 2.34. The summed E-state index contributed by atoms with van der Waals surface area (Å²) in [5.74, 6) is -0.171. The lowest BCUT2D eigenvalue weighted by molar-refractivity contribution is 0.0697. The minimum Gasteiger partial charge on any atom is -0.493 e. The Labute approximate surface area is 99.7 Å². The summed E-state index contributed by atoms with van der Waals surface area (Å²) in [6, 6.07) is 3.01. The summed E-state index contributed by atoms with van der Waals surface area (Å²) in [7, 11) is 2.95. The first-order valence-corrected chi connectivity index (χ1v) is 4.98. The van der Waals surface area contributed by atoms with Gasteiger partial charge in [-0.3, -0.25) is 0 Å². The Hall–Kier alpha value is -2.17. The van der Waals surface area contributed by atoms with Crippen LogP contribution in [0.2, 0.25) is 0 Å². The Bertz CT molecular complexity index is 429. The Balaban J connectivity index is 3.24. The fourth-order valence-electron chi connectivity index (χ4n) is 1.38. The molecule has 0 amide bonds. The number of carbonyl (C=O) groups is 1. The molecular formula is C12H15NO4. The van der Waals surface area contributed by atoms with Crippen LogP contribution in [-0.4, -0.2) is 31.8 Å². The second-order valence-electron chi connectivity index (χ2n) is 3.23. The fraction of sp³-hybridized carbons (Fsp3) is 0.250. The van der Waals surface area contributed by atoms with Crippen LogP contribution < -0.4 is 14.8 Å². The lowest BCUT2D eigenvalue weighted by atomic mass is 10.1. The van der Waals surface area contributed by atoms with Gasteiger partial charge in [0.05, 0.1) is 25.5 Å². The van der Waals surface area contributed by atoms with E-state index in [2.05, 4.69) is 11.9 Å². The highest BCUT2D eigenvalue weighted by atomic mass is 16.5. The molecule has 0 radical (unpaired) electrons. The molecule has 5 heteroatoms. The number of methoxy groups -OCH3 is 2. The van der Waals surface area contributed by atoms with Crippen LogP contribution in [0.5, 0.6) is 11.5 Å². The average molecular weight is 237 g/mol. The van der Waals surface area contributed by atoms with Crippen molar-refractivity contribution in [2.75, 3.05) is 26.1 Å². The molecule has 92 valence electrons. The standard InChI is InChI=1S/C12H15NO4/c1-4-5-13-9-7-11(17-3)10(16-2)6-8(9)12(14)15/h4,6-7,13H,1,5H2,2-3H3,(H,14,15). The van der Waals surface area contributed by atoms with E-state index in [1.165, 1.54) is 20.3 Å². The number of hydrogen-bond acceptors (Lipinski definition) is 4. The van der Waals surface area contributed by atoms with Crippen LogP contribution in [0, 0.1) is 0 Å². The van der Waals surface area contributed by atoms with Crippen molar-refractivity contribution >= 4 is 11.7 Å². The van der Waals surface area contributed by atoms with Gasteiger partial charge < -0.3 is 19.9 Å². The molecule has 2 N–H and O–H groups in total. The lowest BCUT2D eigenvalue weighted by Crippen LogP contribution is -2.07. The molecule has 0 heterocycles. The third kappa shape index (κ3) is 2.90. The van der Waals surface area contributed by atoms with E-state index in [1.54, 1.807) is 12.1 Å². The zero-order valence-corrected chi connectivity index (χ0v) is 9.82. The van der Waals surface area contributed by atoms with Gasteiger partial charge in [0.25, 0.3) is 0 Å². The van der Waals surface area contributed by atoms with E-state index >= 15 is 0 Å². The smallest absolute Gasteiger partial charge is 0.337 e. The number of nitrogens with one attached hydrogen (secondary N) is 1. The van der Waals surface area contributed by atoms with Crippen LogP contribution in [0.1, 0.15) is 10.4 Å². The summed E-state index contributed by atoms with van der Waals surface area (Å²) in [6.45, 7) is 4.03. The summed E-state index contributed by atoms with van der Waals surface area (Å²) in [6.07, 6.45) is 1.64. The van der Waals surface area contributed by atoms with Crippen LogP contribution in [0.25, 0.3) is 0 Å². The van der Waals surface area contributed by atoms with Crippen molar-refractivity contribution < 1.29 is 19.4 Å². The minimum absolute atomic E-state index is 0.129. The van der Waals surface area contributed by atoms with Crippen molar-refractivity contribution in [1.29, 1.82) is 0 Å². The van der Waals surface area contributed by atoms with Gasteiger partial charge in [0, 0.05) is 18.7 Å². The molecule has 0 atom stereocenters. The second kappa shape index (κ2) is 5.79. The quantitative estimate of drug-likeness (QED) is 0.741.